The van der Waals surface area contributed by atoms with E-state index in [0.29, 0.717) is 12.4 Å². The summed E-state index contributed by atoms with van der Waals surface area (Å²) in [5.74, 6) is 0.460. The van der Waals surface area contributed by atoms with Crippen LogP contribution in [0.5, 0.6) is 0 Å². The maximum absolute atomic E-state index is 11.8. The fraction of sp³-hybridized carbons (Fsp3) is 0.250. The summed E-state index contributed by atoms with van der Waals surface area (Å²) in [6.45, 7) is 0.389. The summed E-state index contributed by atoms with van der Waals surface area (Å²) in [5, 5.41) is 4.12. The average molecular weight is 245 g/mol. The molecule has 0 saturated heterocycles. The molecule has 0 amide bonds. The summed E-state index contributed by atoms with van der Waals surface area (Å²) in [7, 11) is 3.73. The summed E-state index contributed by atoms with van der Waals surface area (Å²) >= 11 is 0. The number of nitrogens with zero attached hydrogens (tertiary/aromatic N) is 4. The first-order valence-electron chi connectivity index (χ1n) is 5.51. The van der Waals surface area contributed by atoms with Crippen LogP contribution in [0.3, 0.4) is 0 Å². The molecule has 2 heterocycles. The van der Waals surface area contributed by atoms with E-state index in [9.17, 15) is 4.79 Å². The molecule has 0 spiro atoms. The smallest absolute Gasteiger partial charge is 0.269 e. The lowest BCUT2D eigenvalue weighted by Gasteiger charge is -2.12. The molecule has 0 aromatic carbocycles. The zero-order valence-electron chi connectivity index (χ0n) is 10.4. The van der Waals surface area contributed by atoms with Crippen molar-refractivity contribution in [3.63, 3.8) is 0 Å². The maximum Gasteiger partial charge on any atom is 0.269 e. The van der Waals surface area contributed by atoms with Gasteiger partial charge >= 0.3 is 0 Å². The number of rotatable bonds is 3. The van der Waals surface area contributed by atoms with Gasteiger partial charge in [0.25, 0.3) is 5.56 Å². The first-order chi connectivity index (χ1) is 8.56. The van der Waals surface area contributed by atoms with Crippen molar-refractivity contribution in [2.24, 2.45) is 0 Å². The molecule has 2 aromatic heterocycles. The molecule has 0 aliphatic heterocycles. The SMILES string of the molecule is CN(C)c1cnn(Cc2ccc(N)nc2)c(=O)c1. The van der Waals surface area contributed by atoms with Gasteiger partial charge in [-0.1, -0.05) is 6.07 Å². The Morgan fingerprint density at radius 2 is 2.11 bits per heavy atom. The number of nitrogens with two attached hydrogens (primary N) is 1. The molecule has 0 unspecified atom stereocenters. The third-order valence-electron chi connectivity index (χ3n) is 2.55. The lowest BCUT2D eigenvalue weighted by atomic mass is 10.3. The molecule has 94 valence electrons. The minimum Gasteiger partial charge on any atom is -0.384 e. The van der Waals surface area contributed by atoms with Crippen LogP contribution in [0.4, 0.5) is 11.5 Å². The van der Waals surface area contributed by atoms with E-state index in [1.165, 1.54) is 4.68 Å². The number of nitrogen functional groups attached to an aromatic ring is 1. The van der Waals surface area contributed by atoms with Crippen molar-refractivity contribution < 1.29 is 0 Å². The van der Waals surface area contributed by atoms with E-state index < -0.39 is 0 Å². The Kier molecular flexibility index (Phi) is 3.27. The van der Waals surface area contributed by atoms with Gasteiger partial charge in [-0.05, 0) is 11.6 Å². The molecule has 2 rings (SSSR count). The Hall–Kier alpha value is -2.37. The van der Waals surface area contributed by atoms with Crippen molar-refractivity contribution in [1.82, 2.24) is 14.8 Å². The van der Waals surface area contributed by atoms with Crippen LogP contribution in [-0.2, 0) is 6.54 Å². The highest BCUT2D eigenvalue weighted by Gasteiger charge is 2.03. The molecule has 0 aliphatic rings. The fourth-order valence-corrected chi connectivity index (χ4v) is 1.49. The Morgan fingerprint density at radius 1 is 1.33 bits per heavy atom. The summed E-state index contributed by atoms with van der Waals surface area (Å²) in [6.07, 6.45) is 3.30. The Morgan fingerprint density at radius 3 is 2.67 bits per heavy atom. The van der Waals surface area contributed by atoms with Crippen LogP contribution >= 0.6 is 0 Å². The number of aromatic nitrogens is 3. The van der Waals surface area contributed by atoms with E-state index >= 15 is 0 Å². The molecule has 0 bridgehead atoms. The van der Waals surface area contributed by atoms with Crippen LogP contribution in [0, 0.1) is 0 Å². The largest absolute Gasteiger partial charge is 0.384 e. The molecule has 6 nitrogen and oxygen atoms in total. The normalized spacial score (nSPS) is 10.3. The van der Waals surface area contributed by atoms with Crippen molar-refractivity contribution in [2.45, 2.75) is 6.54 Å². The highest BCUT2D eigenvalue weighted by atomic mass is 16.1. The maximum atomic E-state index is 11.8. The third-order valence-corrected chi connectivity index (χ3v) is 2.55. The van der Waals surface area contributed by atoms with Crippen molar-refractivity contribution >= 4 is 11.5 Å². The monoisotopic (exact) mass is 245 g/mol. The van der Waals surface area contributed by atoms with Crippen molar-refractivity contribution in [3.05, 3.63) is 46.5 Å². The average Bonchev–Trinajstić information content (AvgIpc) is 2.34. The molecular formula is C12H15N5O. The molecule has 0 fully saturated rings. The number of hydrogen-bond donors (Lipinski definition) is 1. The van der Waals surface area contributed by atoms with Gasteiger partial charge in [-0.2, -0.15) is 5.10 Å². The second-order valence-electron chi connectivity index (χ2n) is 4.20. The van der Waals surface area contributed by atoms with Crippen LogP contribution in [0.2, 0.25) is 0 Å². The molecule has 0 atom stereocenters. The van der Waals surface area contributed by atoms with Gasteiger partial charge in [0.05, 0.1) is 18.4 Å². The summed E-state index contributed by atoms with van der Waals surface area (Å²) in [5.41, 5.74) is 7.03. The molecular weight excluding hydrogens is 230 g/mol. The lowest BCUT2D eigenvalue weighted by molar-refractivity contribution is 0.637. The predicted molar refractivity (Wildman–Crippen MR) is 70.6 cm³/mol. The standard InChI is InChI=1S/C12H15N5O/c1-16(2)10-5-12(18)17(15-7-10)8-9-3-4-11(13)14-6-9/h3-7H,8H2,1-2H3,(H2,13,14). The van der Waals surface area contributed by atoms with Gasteiger partial charge in [0.1, 0.15) is 5.82 Å². The third kappa shape index (κ3) is 2.65. The van der Waals surface area contributed by atoms with Crippen LogP contribution in [-0.4, -0.2) is 28.9 Å². The molecule has 0 saturated carbocycles. The fourth-order valence-electron chi connectivity index (χ4n) is 1.49. The number of anilines is 2. The van der Waals surface area contributed by atoms with Crippen molar-refractivity contribution in [2.75, 3.05) is 24.7 Å². The minimum atomic E-state index is -0.141. The van der Waals surface area contributed by atoms with Gasteiger partial charge in [-0.15, -0.1) is 0 Å². The highest BCUT2D eigenvalue weighted by Crippen LogP contribution is 2.05. The van der Waals surface area contributed by atoms with E-state index in [-0.39, 0.29) is 5.56 Å². The molecule has 0 radical (unpaired) electrons. The van der Waals surface area contributed by atoms with Gasteiger partial charge in [-0.3, -0.25) is 4.79 Å². The van der Waals surface area contributed by atoms with E-state index in [4.69, 9.17) is 5.73 Å². The summed E-state index contributed by atoms with van der Waals surface area (Å²) in [4.78, 5) is 17.7. The summed E-state index contributed by atoms with van der Waals surface area (Å²) < 4.78 is 1.39. The van der Waals surface area contributed by atoms with Crippen molar-refractivity contribution in [3.8, 4) is 0 Å². The minimum absolute atomic E-state index is 0.141. The zero-order chi connectivity index (χ0) is 13.1. The van der Waals surface area contributed by atoms with Crippen LogP contribution in [0.15, 0.2) is 35.4 Å². The van der Waals surface area contributed by atoms with Gasteiger partial charge < -0.3 is 10.6 Å². The number of pyridine rings is 1. The molecule has 2 N–H and O–H groups in total. The van der Waals surface area contributed by atoms with Crippen LogP contribution in [0.25, 0.3) is 0 Å². The first-order valence-corrected chi connectivity index (χ1v) is 5.51. The first kappa shape index (κ1) is 12.1. The second kappa shape index (κ2) is 4.87. The quantitative estimate of drug-likeness (QED) is 0.843. The zero-order valence-corrected chi connectivity index (χ0v) is 10.4. The Balaban J connectivity index is 2.25. The van der Waals surface area contributed by atoms with Crippen LogP contribution < -0.4 is 16.2 Å². The topological polar surface area (TPSA) is 77.0 Å². The van der Waals surface area contributed by atoms with E-state index in [1.807, 2.05) is 25.1 Å². The van der Waals surface area contributed by atoms with E-state index in [2.05, 4.69) is 10.1 Å². The Labute approximate surface area is 105 Å². The summed E-state index contributed by atoms with van der Waals surface area (Å²) in [6, 6.07) is 5.09. The highest BCUT2D eigenvalue weighted by molar-refractivity contribution is 5.40. The molecule has 0 aliphatic carbocycles. The van der Waals surface area contributed by atoms with Crippen LogP contribution in [0.1, 0.15) is 5.56 Å². The van der Waals surface area contributed by atoms with Gasteiger partial charge in [-0.25, -0.2) is 9.67 Å². The molecule has 6 heteroatoms. The van der Waals surface area contributed by atoms with E-state index in [1.54, 1.807) is 24.5 Å². The molecule has 18 heavy (non-hydrogen) atoms. The second-order valence-corrected chi connectivity index (χ2v) is 4.20. The lowest BCUT2D eigenvalue weighted by Crippen LogP contribution is -2.24. The van der Waals surface area contributed by atoms with Crippen molar-refractivity contribution in [1.29, 1.82) is 0 Å². The number of hydrogen-bond acceptors (Lipinski definition) is 5. The van der Waals surface area contributed by atoms with Gasteiger partial charge in [0, 0.05) is 26.4 Å². The predicted octanol–water partition coefficient (Wildman–Crippen LogP) is 0.335. The van der Waals surface area contributed by atoms with E-state index in [0.717, 1.165) is 11.3 Å². The van der Waals surface area contributed by atoms with Gasteiger partial charge in [0.2, 0.25) is 0 Å². The molecule has 2 aromatic rings. The van der Waals surface area contributed by atoms with Gasteiger partial charge in [0.15, 0.2) is 0 Å². The Bertz CT molecular complexity index is 588.